The van der Waals surface area contributed by atoms with Crippen LogP contribution >= 0.6 is 11.6 Å². The van der Waals surface area contributed by atoms with E-state index in [9.17, 15) is 0 Å². The molecule has 1 aromatic carbocycles. The van der Waals surface area contributed by atoms with E-state index >= 15 is 0 Å². The van der Waals surface area contributed by atoms with Crippen LogP contribution in [0.15, 0.2) is 18.2 Å². The summed E-state index contributed by atoms with van der Waals surface area (Å²) >= 11 is 5.87. The van der Waals surface area contributed by atoms with Gasteiger partial charge in [0.05, 0.1) is 11.3 Å². The van der Waals surface area contributed by atoms with Crippen molar-refractivity contribution in [1.29, 1.82) is 5.26 Å². The average Bonchev–Trinajstić information content (AvgIpc) is 2.25. The van der Waals surface area contributed by atoms with E-state index in [1.54, 1.807) is 6.07 Å². The summed E-state index contributed by atoms with van der Waals surface area (Å²) in [5.41, 5.74) is 1.75. The largest absolute Gasteiger partial charge is 0.379 e. The van der Waals surface area contributed by atoms with Crippen LogP contribution in [0.2, 0.25) is 5.02 Å². The molecule has 0 radical (unpaired) electrons. The fourth-order valence-electron chi connectivity index (χ4n) is 2.17. The first-order chi connectivity index (χ1) is 7.69. The molecule has 0 aliphatic heterocycles. The van der Waals surface area contributed by atoms with Crippen molar-refractivity contribution in [3.05, 3.63) is 28.8 Å². The van der Waals surface area contributed by atoms with Gasteiger partial charge in [-0.05, 0) is 43.9 Å². The number of nitrogens with zero attached hydrogens (tertiary/aromatic N) is 1. The van der Waals surface area contributed by atoms with Crippen LogP contribution in [0.4, 0.5) is 5.69 Å². The Morgan fingerprint density at radius 3 is 2.75 bits per heavy atom. The van der Waals surface area contributed by atoms with Crippen molar-refractivity contribution in [3.63, 3.8) is 0 Å². The van der Waals surface area contributed by atoms with Gasteiger partial charge in [0.1, 0.15) is 6.07 Å². The second-order valence-corrected chi connectivity index (χ2v) is 4.85. The van der Waals surface area contributed by atoms with Crippen LogP contribution < -0.4 is 5.32 Å². The number of nitriles is 1. The molecule has 3 heteroatoms. The molecule has 16 heavy (non-hydrogen) atoms. The summed E-state index contributed by atoms with van der Waals surface area (Å²) in [6.07, 6.45) is 4.75. The number of anilines is 1. The molecule has 0 unspecified atom stereocenters. The van der Waals surface area contributed by atoms with Gasteiger partial charge in [0.15, 0.2) is 0 Å². The van der Waals surface area contributed by atoms with Crippen LogP contribution in [0.3, 0.4) is 0 Å². The first-order valence-electron chi connectivity index (χ1n) is 5.67. The van der Waals surface area contributed by atoms with E-state index < -0.39 is 0 Å². The van der Waals surface area contributed by atoms with Crippen molar-refractivity contribution in [2.75, 3.05) is 5.32 Å². The van der Waals surface area contributed by atoms with Crippen molar-refractivity contribution in [1.82, 2.24) is 0 Å². The molecule has 2 rings (SSSR count). The van der Waals surface area contributed by atoms with Crippen molar-refractivity contribution in [2.24, 2.45) is 0 Å². The van der Waals surface area contributed by atoms with Crippen LogP contribution in [-0.4, -0.2) is 5.54 Å². The third-order valence-electron chi connectivity index (χ3n) is 3.49. The normalized spacial score (nSPS) is 17.3. The number of hydrogen-bond donors (Lipinski definition) is 1. The van der Waals surface area contributed by atoms with Gasteiger partial charge in [-0.15, -0.1) is 0 Å². The van der Waals surface area contributed by atoms with Crippen LogP contribution in [0.5, 0.6) is 0 Å². The maximum absolute atomic E-state index is 9.05. The molecular weight excluding hydrogens is 220 g/mol. The molecule has 1 aliphatic rings. The molecule has 1 N–H and O–H groups in total. The molecule has 2 nitrogen and oxygen atoms in total. The van der Waals surface area contributed by atoms with Crippen molar-refractivity contribution in [3.8, 4) is 6.07 Å². The standard InChI is InChI=1S/C13H15ClN2/c1-2-13(6-3-7-13)16-12-5-4-11(14)8-10(12)9-15/h4-5,8,16H,2-3,6-7H2,1H3. The van der Waals surface area contributed by atoms with Gasteiger partial charge in [0.25, 0.3) is 0 Å². The zero-order valence-corrected chi connectivity index (χ0v) is 10.1. The first kappa shape index (κ1) is 11.3. The van der Waals surface area contributed by atoms with Gasteiger partial charge >= 0.3 is 0 Å². The maximum Gasteiger partial charge on any atom is 0.101 e. The molecule has 0 atom stereocenters. The summed E-state index contributed by atoms with van der Waals surface area (Å²) in [6, 6.07) is 7.62. The highest BCUT2D eigenvalue weighted by atomic mass is 35.5. The summed E-state index contributed by atoms with van der Waals surface area (Å²) < 4.78 is 0. The minimum Gasteiger partial charge on any atom is -0.379 e. The molecular formula is C13H15ClN2. The molecule has 1 aromatic rings. The number of halogens is 1. The fourth-order valence-corrected chi connectivity index (χ4v) is 2.35. The van der Waals surface area contributed by atoms with Crippen molar-refractivity contribution < 1.29 is 0 Å². The van der Waals surface area contributed by atoms with Gasteiger partial charge in [-0.25, -0.2) is 0 Å². The zero-order valence-electron chi connectivity index (χ0n) is 9.39. The summed E-state index contributed by atoms with van der Waals surface area (Å²) in [5.74, 6) is 0. The minimum absolute atomic E-state index is 0.208. The molecule has 1 fully saturated rings. The Labute approximate surface area is 101 Å². The highest BCUT2D eigenvalue weighted by Crippen LogP contribution is 2.38. The Hall–Kier alpha value is -1.20. The topological polar surface area (TPSA) is 35.8 Å². The smallest absolute Gasteiger partial charge is 0.101 e. The fraction of sp³-hybridized carbons (Fsp3) is 0.462. The number of nitrogens with one attached hydrogen (secondary N) is 1. The third kappa shape index (κ3) is 2.01. The van der Waals surface area contributed by atoms with Gasteiger partial charge in [-0.2, -0.15) is 5.26 Å². The van der Waals surface area contributed by atoms with Crippen LogP contribution in [0, 0.1) is 11.3 Å². The molecule has 0 bridgehead atoms. The number of hydrogen-bond acceptors (Lipinski definition) is 2. The molecule has 84 valence electrons. The van der Waals surface area contributed by atoms with E-state index in [-0.39, 0.29) is 5.54 Å². The van der Waals surface area contributed by atoms with Crippen LogP contribution in [-0.2, 0) is 0 Å². The Kier molecular flexibility index (Phi) is 3.07. The predicted octanol–water partition coefficient (Wildman–Crippen LogP) is 3.96. The molecule has 0 saturated heterocycles. The Morgan fingerprint density at radius 2 is 2.25 bits per heavy atom. The second kappa shape index (κ2) is 4.35. The van der Waals surface area contributed by atoms with Gasteiger partial charge < -0.3 is 5.32 Å². The predicted molar refractivity (Wildman–Crippen MR) is 66.7 cm³/mol. The quantitative estimate of drug-likeness (QED) is 0.860. The maximum atomic E-state index is 9.05. The number of rotatable bonds is 3. The van der Waals surface area contributed by atoms with Crippen LogP contribution in [0.25, 0.3) is 0 Å². The molecule has 0 heterocycles. The van der Waals surface area contributed by atoms with Gasteiger partial charge in [0, 0.05) is 10.6 Å². The highest BCUT2D eigenvalue weighted by Gasteiger charge is 2.35. The summed E-state index contributed by atoms with van der Waals surface area (Å²) in [7, 11) is 0. The van der Waals surface area contributed by atoms with Gasteiger partial charge in [0.2, 0.25) is 0 Å². The van der Waals surface area contributed by atoms with E-state index in [0.29, 0.717) is 10.6 Å². The SMILES string of the molecule is CCC1(Nc2ccc(Cl)cc2C#N)CCC1. The van der Waals surface area contributed by atoms with Crippen LogP contribution in [0.1, 0.15) is 38.2 Å². The Morgan fingerprint density at radius 1 is 1.50 bits per heavy atom. The summed E-state index contributed by atoms with van der Waals surface area (Å²) in [6.45, 7) is 2.19. The first-order valence-corrected chi connectivity index (χ1v) is 6.05. The Balaban J connectivity index is 2.24. The van der Waals surface area contributed by atoms with E-state index in [1.165, 1.54) is 19.3 Å². The monoisotopic (exact) mass is 234 g/mol. The zero-order chi connectivity index (χ0) is 11.6. The molecule has 1 aliphatic carbocycles. The van der Waals surface area contributed by atoms with E-state index in [2.05, 4.69) is 18.3 Å². The molecule has 0 amide bonds. The minimum atomic E-state index is 0.208. The van der Waals surface area contributed by atoms with E-state index in [4.69, 9.17) is 16.9 Å². The lowest BCUT2D eigenvalue weighted by Gasteiger charge is -2.43. The lowest BCUT2D eigenvalue weighted by molar-refractivity contribution is 0.269. The summed E-state index contributed by atoms with van der Waals surface area (Å²) in [4.78, 5) is 0. The van der Waals surface area contributed by atoms with E-state index in [0.717, 1.165) is 12.1 Å². The molecule has 0 aromatic heterocycles. The molecule has 0 spiro atoms. The number of benzene rings is 1. The third-order valence-corrected chi connectivity index (χ3v) is 3.72. The van der Waals surface area contributed by atoms with E-state index in [1.807, 2.05) is 12.1 Å². The molecule has 1 saturated carbocycles. The average molecular weight is 235 g/mol. The second-order valence-electron chi connectivity index (χ2n) is 4.41. The van der Waals surface area contributed by atoms with Gasteiger partial charge in [-0.3, -0.25) is 0 Å². The summed E-state index contributed by atoms with van der Waals surface area (Å²) in [5, 5.41) is 13.2. The van der Waals surface area contributed by atoms with Gasteiger partial charge in [-0.1, -0.05) is 18.5 Å². The lowest BCUT2D eigenvalue weighted by atomic mass is 9.74. The van der Waals surface area contributed by atoms with Crippen molar-refractivity contribution >= 4 is 17.3 Å². The lowest BCUT2D eigenvalue weighted by Crippen LogP contribution is -2.44. The van der Waals surface area contributed by atoms with Crippen molar-refractivity contribution in [2.45, 2.75) is 38.1 Å². The highest BCUT2D eigenvalue weighted by molar-refractivity contribution is 6.30. The Bertz CT molecular complexity index is 425.